The SMILES string of the molecule is COCC(=O)N(C)c1ccc(N2CCOCC2)c(COc2ccc(-c3nc4cc(C(=O)O)ccc4n3C3CCCCC3)c(F)c2)c1. The van der Waals surface area contributed by atoms with Crippen molar-refractivity contribution in [2.75, 3.05) is 56.9 Å². The topological polar surface area (TPSA) is 106 Å². The quantitative estimate of drug-likeness (QED) is 0.225. The molecule has 1 aromatic heterocycles. The van der Waals surface area contributed by atoms with Gasteiger partial charge in [-0.15, -0.1) is 0 Å². The number of fused-ring (bicyclic) bond motifs is 1. The van der Waals surface area contributed by atoms with Crippen LogP contribution in [-0.4, -0.2) is 73.6 Å². The van der Waals surface area contributed by atoms with E-state index in [9.17, 15) is 14.7 Å². The predicted octanol–water partition coefficient (Wildman–Crippen LogP) is 6.07. The Morgan fingerprint density at radius 1 is 1.04 bits per heavy atom. The number of halogens is 1. The molecule has 1 N–H and O–H groups in total. The summed E-state index contributed by atoms with van der Waals surface area (Å²) >= 11 is 0. The second-order valence-corrected chi connectivity index (χ2v) is 11.8. The lowest BCUT2D eigenvalue weighted by atomic mass is 9.94. The minimum atomic E-state index is -1.03. The molecule has 0 atom stereocenters. The Morgan fingerprint density at radius 2 is 1.83 bits per heavy atom. The minimum Gasteiger partial charge on any atom is -0.489 e. The van der Waals surface area contributed by atoms with Gasteiger partial charge in [-0.1, -0.05) is 19.3 Å². The van der Waals surface area contributed by atoms with Crippen molar-refractivity contribution in [3.8, 4) is 17.1 Å². The molecule has 1 saturated heterocycles. The number of carboxylic acid groups (broad SMARTS) is 1. The Kier molecular flexibility index (Phi) is 9.51. The summed E-state index contributed by atoms with van der Waals surface area (Å²) in [6.45, 7) is 2.81. The van der Waals surface area contributed by atoms with Crippen molar-refractivity contribution in [2.45, 2.75) is 44.8 Å². The summed E-state index contributed by atoms with van der Waals surface area (Å²) in [4.78, 5) is 32.7. The molecule has 4 aromatic rings. The number of likely N-dealkylation sites (N-methyl/N-ethyl adjacent to an activating group) is 1. The van der Waals surface area contributed by atoms with Crippen LogP contribution in [0.5, 0.6) is 5.75 Å². The third-order valence-corrected chi connectivity index (χ3v) is 8.90. The summed E-state index contributed by atoms with van der Waals surface area (Å²) in [6, 6.07) is 15.6. The molecule has 1 aliphatic carbocycles. The largest absolute Gasteiger partial charge is 0.489 e. The van der Waals surface area contributed by atoms with Crippen LogP contribution in [0, 0.1) is 5.82 Å². The molecule has 1 aliphatic heterocycles. The summed E-state index contributed by atoms with van der Waals surface area (Å²) in [5, 5.41) is 9.53. The number of aromatic nitrogens is 2. The molecule has 3 aromatic carbocycles. The van der Waals surface area contributed by atoms with Crippen LogP contribution in [0.4, 0.5) is 15.8 Å². The van der Waals surface area contributed by atoms with Gasteiger partial charge in [0, 0.05) is 56.3 Å². The van der Waals surface area contributed by atoms with Crippen molar-refractivity contribution < 1.29 is 33.3 Å². The Balaban J connectivity index is 1.30. The molecule has 2 fully saturated rings. The lowest BCUT2D eigenvalue weighted by molar-refractivity contribution is -0.121. The Hall–Kier alpha value is -4.48. The average molecular weight is 631 g/mol. The second-order valence-electron chi connectivity index (χ2n) is 11.8. The molecule has 1 amide bonds. The van der Waals surface area contributed by atoms with E-state index in [1.54, 1.807) is 42.3 Å². The number of carbonyl (C=O) groups excluding carboxylic acids is 1. The first-order valence-electron chi connectivity index (χ1n) is 15.7. The molecule has 0 unspecified atom stereocenters. The average Bonchev–Trinajstić information content (AvgIpc) is 3.46. The molecule has 1 saturated carbocycles. The van der Waals surface area contributed by atoms with Gasteiger partial charge in [0.25, 0.3) is 5.91 Å². The predicted molar refractivity (Wildman–Crippen MR) is 173 cm³/mol. The van der Waals surface area contributed by atoms with Crippen LogP contribution in [0.1, 0.15) is 54.1 Å². The van der Waals surface area contributed by atoms with E-state index in [0.717, 1.165) is 62.0 Å². The van der Waals surface area contributed by atoms with Crippen molar-refractivity contribution in [3.05, 3.63) is 71.5 Å². The fourth-order valence-corrected chi connectivity index (χ4v) is 6.43. The number of aromatic carboxylic acids is 1. The highest BCUT2D eigenvalue weighted by atomic mass is 19.1. The van der Waals surface area contributed by atoms with E-state index in [-0.39, 0.29) is 30.7 Å². The normalized spacial score (nSPS) is 15.7. The summed E-state index contributed by atoms with van der Waals surface area (Å²) in [7, 11) is 3.19. The van der Waals surface area contributed by atoms with Crippen LogP contribution in [-0.2, 0) is 20.9 Å². The van der Waals surface area contributed by atoms with Crippen molar-refractivity contribution in [1.29, 1.82) is 0 Å². The molecule has 242 valence electrons. The minimum absolute atomic E-state index is 0.0333. The van der Waals surface area contributed by atoms with E-state index >= 15 is 4.39 Å². The number of hydrogen-bond donors (Lipinski definition) is 1. The molecule has 11 heteroatoms. The van der Waals surface area contributed by atoms with Crippen LogP contribution >= 0.6 is 0 Å². The Bertz CT molecular complexity index is 1730. The maximum Gasteiger partial charge on any atom is 0.335 e. The number of amides is 1. The lowest BCUT2D eigenvalue weighted by Gasteiger charge is -2.31. The molecular weight excluding hydrogens is 591 g/mol. The monoisotopic (exact) mass is 630 g/mol. The number of benzene rings is 3. The number of nitrogens with zero attached hydrogens (tertiary/aromatic N) is 4. The van der Waals surface area contributed by atoms with Crippen LogP contribution in [0.2, 0.25) is 0 Å². The number of imidazole rings is 1. The van der Waals surface area contributed by atoms with Crippen molar-refractivity contribution >= 4 is 34.3 Å². The van der Waals surface area contributed by atoms with Crippen molar-refractivity contribution in [2.24, 2.45) is 0 Å². The van der Waals surface area contributed by atoms with Gasteiger partial charge in [0.1, 0.15) is 30.6 Å². The summed E-state index contributed by atoms with van der Waals surface area (Å²) < 4.78 is 34.8. The van der Waals surface area contributed by atoms with Gasteiger partial charge in [-0.25, -0.2) is 14.2 Å². The smallest absolute Gasteiger partial charge is 0.335 e. The molecule has 10 nitrogen and oxygen atoms in total. The highest BCUT2D eigenvalue weighted by molar-refractivity contribution is 5.94. The molecule has 6 rings (SSSR count). The van der Waals surface area contributed by atoms with Crippen LogP contribution < -0.4 is 14.5 Å². The number of hydrogen-bond acceptors (Lipinski definition) is 7. The van der Waals surface area contributed by atoms with E-state index in [2.05, 4.69) is 9.47 Å². The third kappa shape index (κ3) is 6.56. The number of morpholine rings is 1. The number of methoxy groups -OCH3 is 1. The number of carboxylic acids is 1. The van der Waals surface area contributed by atoms with E-state index in [1.165, 1.54) is 13.2 Å². The van der Waals surface area contributed by atoms with Crippen LogP contribution in [0.25, 0.3) is 22.4 Å². The van der Waals surface area contributed by atoms with Crippen molar-refractivity contribution in [3.63, 3.8) is 0 Å². The first kappa shape index (κ1) is 31.5. The van der Waals surface area contributed by atoms with Gasteiger partial charge < -0.3 is 33.7 Å². The zero-order valence-electron chi connectivity index (χ0n) is 26.2. The fourth-order valence-electron chi connectivity index (χ4n) is 6.43. The molecule has 0 spiro atoms. The third-order valence-electron chi connectivity index (χ3n) is 8.90. The van der Waals surface area contributed by atoms with Gasteiger partial charge in [-0.2, -0.15) is 0 Å². The van der Waals surface area contributed by atoms with Gasteiger partial charge in [-0.3, -0.25) is 4.79 Å². The maximum absolute atomic E-state index is 15.9. The molecule has 0 radical (unpaired) electrons. The van der Waals surface area contributed by atoms with Gasteiger partial charge in [0.2, 0.25) is 0 Å². The molecule has 0 bridgehead atoms. The second kappa shape index (κ2) is 13.9. The first-order chi connectivity index (χ1) is 22.3. The van der Waals surface area contributed by atoms with Gasteiger partial charge >= 0.3 is 5.97 Å². The van der Waals surface area contributed by atoms with Gasteiger partial charge in [0.15, 0.2) is 0 Å². The molecule has 46 heavy (non-hydrogen) atoms. The van der Waals surface area contributed by atoms with E-state index in [1.807, 2.05) is 18.2 Å². The number of rotatable bonds is 10. The van der Waals surface area contributed by atoms with Gasteiger partial charge in [-0.05, 0) is 61.4 Å². The first-order valence-corrected chi connectivity index (χ1v) is 15.7. The number of anilines is 2. The van der Waals surface area contributed by atoms with Crippen molar-refractivity contribution in [1.82, 2.24) is 9.55 Å². The van der Waals surface area contributed by atoms with Crippen LogP contribution in [0.3, 0.4) is 0 Å². The molecular formula is C35H39FN4O6. The highest BCUT2D eigenvalue weighted by Gasteiger charge is 2.25. The fraction of sp³-hybridized carbons (Fsp3) is 0.400. The zero-order valence-corrected chi connectivity index (χ0v) is 26.2. The Labute approximate surface area is 267 Å². The number of ether oxygens (including phenoxy) is 3. The van der Waals surface area contributed by atoms with Crippen LogP contribution in [0.15, 0.2) is 54.6 Å². The standard InChI is InChI=1S/C35H39FN4O6/c1-38(33(41)22-44-2)26-9-13-31(39-14-16-45-17-15-39)24(18-26)21-46-27-10-11-28(29(36)20-27)34-37-30-19-23(35(42)43)8-12-32(30)40(34)25-6-4-3-5-7-25/h8-13,18-20,25H,3-7,14-17,21-22H2,1-2H3,(H,42,43). The van der Waals surface area contributed by atoms with E-state index in [0.29, 0.717) is 41.6 Å². The zero-order chi connectivity index (χ0) is 32.2. The Morgan fingerprint density at radius 3 is 2.54 bits per heavy atom. The van der Waals surface area contributed by atoms with Gasteiger partial charge in [0.05, 0.1) is 35.4 Å². The maximum atomic E-state index is 15.9. The molecule has 2 aliphatic rings. The van der Waals surface area contributed by atoms with E-state index < -0.39 is 11.8 Å². The highest BCUT2D eigenvalue weighted by Crippen LogP contribution is 2.38. The summed E-state index contributed by atoms with van der Waals surface area (Å²) in [5.74, 6) is -0.838. The number of carbonyl (C=O) groups is 2. The lowest BCUT2D eigenvalue weighted by Crippen LogP contribution is -2.37. The molecule has 2 heterocycles. The summed E-state index contributed by atoms with van der Waals surface area (Å²) in [5.41, 5.74) is 4.34. The van der Waals surface area contributed by atoms with E-state index in [4.69, 9.17) is 19.2 Å². The summed E-state index contributed by atoms with van der Waals surface area (Å²) in [6.07, 6.45) is 5.24.